The van der Waals surface area contributed by atoms with E-state index in [0.29, 0.717) is 11.3 Å². The first kappa shape index (κ1) is 14.2. The molecule has 2 aromatic rings. The molecule has 2 aromatic heterocycles. The highest BCUT2D eigenvalue weighted by molar-refractivity contribution is 5.94. The molecule has 0 unspecified atom stereocenters. The molecule has 0 radical (unpaired) electrons. The first-order valence-corrected chi connectivity index (χ1v) is 6.51. The summed E-state index contributed by atoms with van der Waals surface area (Å²) >= 11 is 0. The van der Waals surface area contributed by atoms with Crippen LogP contribution in [0.15, 0.2) is 23.1 Å². The molecule has 2 rings (SSSR count). The van der Waals surface area contributed by atoms with Crippen molar-refractivity contribution in [1.82, 2.24) is 9.38 Å². The van der Waals surface area contributed by atoms with E-state index in [1.54, 1.807) is 33.9 Å². The van der Waals surface area contributed by atoms with E-state index >= 15 is 0 Å². The minimum atomic E-state index is -0.564. The van der Waals surface area contributed by atoms with E-state index in [9.17, 15) is 9.59 Å². The van der Waals surface area contributed by atoms with Crippen LogP contribution >= 0.6 is 0 Å². The van der Waals surface area contributed by atoms with Crippen molar-refractivity contribution in [2.24, 2.45) is 5.41 Å². The summed E-state index contributed by atoms with van der Waals surface area (Å²) in [5.74, 6) is -0.202. The zero-order chi connectivity index (χ0) is 15.1. The Morgan fingerprint density at radius 3 is 2.55 bits per heavy atom. The predicted molar refractivity (Wildman–Crippen MR) is 79.0 cm³/mol. The average molecular weight is 273 g/mol. The van der Waals surface area contributed by atoms with Crippen LogP contribution in [-0.2, 0) is 4.79 Å². The molecule has 20 heavy (non-hydrogen) atoms. The van der Waals surface area contributed by atoms with Crippen molar-refractivity contribution >= 4 is 17.2 Å². The lowest BCUT2D eigenvalue weighted by atomic mass is 9.95. The molecule has 0 aliphatic heterocycles. The molecule has 0 aliphatic rings. The highest BCUT2D eigenvalue weighted by Gasteiger charge is 2.23. The van der Waals surface area contributed by atoms with Gasteiger partial charge in [-0.05, 0) is 31.5 Å². The highest BCUT2D eigenvalue weighted by atomic mass is 16.2. The van der Waals surface area contributed by atoms with Gasteiger partial charge in [0.2, 0.25) is 5.91 Å². The molecule has 5 nitrogen and oxygen atoms in total. The maximum atomic E-state index is 12.4. The van der Waals surface area contributed by atoms with Gasteiger partial charge in [-0.3, -0.25) is 14.0 Å². The first-order chi connectivity index (χ1) is 9.20. The molecule has 1 N–H and O–H groups in total. The van der Waals surface area contributed by atoms with Gasteiger partial charge >= 0.3 is 0 Å². The third-order valence-corrected chi connectivity index (χ3v) is 3.09. The van der Waals surface area contributed by atoms with Crippen LogP contribution < -0.4 is 10.9 Å². The molecule has 2 heterocycles. The maximum Gasteiger partial charge on any atom is 0.281 e. The predicted octanol–water partition coefficient (Wildman–Crippen LogP) is 2.30. The third kappa shape index (κ3) is 2.57. The van der Waals surface area contributed by atoms with Crippen molar-refractivity contribution in [2.45, 2.75) is 34.6 Å². The lowest BCUT2D eigenvalue weighted by Crippen LogP contribution is -2.32. The number of nitrogens with one attached hydrogen (secondary N) is 1. The molecule has 106 valence electrons. The molecule has 0 spiro atoms. The number of rotatable bonds is 1. The second-order valence-electron chi connectivity index (χ2n) is 6.01. The van der Waals surface area contributed by atoms with E-state index in [2.05, 4.69) is 10.3 Å². The molecule has 0 atom stereocenters. The number of amides is 1. The number of hydrogen-bond acceptors (Lipinski definition) is 3. The summed E-state index contributed by atoms with van der Waals surface area (Å²) < 4.78 is 1.44. The number of nitrogens with zero attached hydrogens (tertiary/aromatic N) is 2. The SMILES string of the molecule is Cc1ccn2c(=O)c(NC(=O)C(C)(C)C)c(C)nc2c1. The van der Waals surface area contributed by atoms with Crippen LogP contribution in [0.25, 0.3) is 5.65 Å². The van der Waals surface area contributed by atoms with Crippen LogP contribution in [0, 0.1) is 19.3 Å². The van der Waals surface area contributed by atoms with Crippen LogP contribution in [0.3, 0.4) is 0 Å². The second kappa shape index (κ2) is 4.74. The van der Waals surface area contributed by atoms with Crippen LogP contribution in [0.5, 0.6) is 0 Å². The van der Waals surface area contributed by atoms with E-state index in [-0.39, 0.29) is 17.2 Å². The standard InChI is InChI=1S/C15H19N3O2/c1-9-6-7-18-11(8-9)16-10(2)12(13(18)19)17-14(20)15(3,4)5/h6-8H,1-5H3,(H,17,20). The zero-order valence-electron chi connectivity index (χ0n) is 12.4. The van der Waals surface area contributed by atoms with Crippen molar-refractivity contribution in [3.05, 3.63) is 39.9 Å². The number of anilines is 1. The number of carbonyl (C=O) groups excluding carboxylic acids is 1. The molecule has 0 saturated heterocycles. The van der Waals surface area contributed by atoms with Gasteiger partial charge in [0, 0.05) is 11.6 Å². The van der Waals surface area contributed by atoms with Gasteiger partial charge in [-0.2, -0.15) is 0 Å². The number of hydrogen-bond donors (Lipinski definition) is 1. The average Bonchev–Trinajstić information content (AvgIpc) is 2.32. The number of pyridine rings is 1. The van der Waals surface area contributed by atoms with Crippen LogP contribution in [0.2, 0.25) is 0 Å². The zero-order valence-corrected chi connectivity index (χ0v) is 12.4. The fourth-order valence-electron chi connectivity index (χ4n) is 1.80. The second-order valence-corrected chi connectivity index (χ2v) is 6.01. The van der Waals surface area contributed by atoms with E-state index in [0.717, 1.165) is 5.56 Å². The minimum Gasteiger partial charge on any atom is -0.320 e. The van der Waals surface area contributed by atoms with E-state index in [1.807, 2.05) is 19.1 Å². The largest absolute Gasteiger partial charge is 0.320 e. The fraction of sp³-hybridized carbons (Fsp3) is 0.400. The molecule has 0 saturated carbocycles. The summed E-state index contributed by atoms with van der Waals surface area (Å²) in [6, 6.07) is 3.67. The van der Waals surface area contributed by atoms with Gasteiger partial charge < -0.3 is 5.32 Å². The summed E-state index contributed by atoms with van der Waals surface area (Å²) in [5, 5.41) is 2.69. The van der Waals surface area contributed by atoms with Crippen molar-refractivity contribution in [1.29, 1.82) is 0 Å². The van der Waals surface area contributed by atoms with Crippen LogP contribution in [0.1, 0.15) is 32.0 Å². The lowest BCUT2D eigenvalue weighted by Gasteiger charge is -2.18. The molecule has 0 aliphatic carbocycles. The number of aryl methyl sites for hydroxylation is 2. The normalized spacial score (nSPS) is 11.7. The van der Waals surface area contributed by atoms with Gasteiger partial charge in [0.1, 0.15) is 11.3 Å². The Bertz CT molecular complexity index is 739. The summed E-state index contributed by atoms with van der Waals surface area (Å²) in [6.07, 6.45) is 1.67. The Hall–Kier alpha value is -2.17. The van der Waals surface area contributed by atoms with Gasteiger partial charge in [-0.1, -0.05) is 20.8 Å². The quantitative estimate of drug-likeness (QED) is 0.867. The Morgan fingerprint density at radius 2 is 1.95 bits per heavy atom. The summed E-state index contributed by atoms with van der Waals surface area (Å²) in [6.45, 7) is 9.06. The topological polar surface area (TPSA) is 63.5 Å². The molecule has 0 aromatic carbocycles. The summed E-state index contributed by atoms with van der Waals surface area (Å²) in [5.41, 5.74) is 1.56. The number of aromatic nitrogens is 2. The van der Waals surface area contributed by atoms with E-state index < -0.39 is 5.41 Å². The Balaban J connectivity index is 2.58. The Kier molecular flexibility index (Phi) is 3.38. The monoisotopic (exact) mass is 273 g/mol. The molecular weight excluding hydrogens is 254 g/mol. The van der Waals surface area contributed by atoms with Crippen molar-refractivity contribution < 1.29 is 4.79 Å². The summed E-state index contributed by atoms with van der Waals surface area (Å²) in [4.78, 5) is 28.9. The van der Waals surface area contributed by atoms with Crippen LogP contribution in [0.4, 0.5) is 5.69 Å². The van der Waals surface area contributed by atoms with Crippen molar-refractivity contribution in [3.63, 3.8) is 0 Å². The minimum absolute atomic E-state index is 0.202. The highest BCUT2D eigenvalue weighted by Crippen LogP contribution is 2.17. The molecule has 0 bridgehead atoms. The van der Waals surface area contributed by atoms with E-state index in [4.69, 9.17) is 0 Å². The van der Waals surface area contributed by atoms with Gasteiger partial charge in [0.25, 0.3) is 5.56 Å². The van der Waals surface area contributed by atoms with Gasteiger partial charge in [0.15, 0.2) is 0 Å². The third-order valence-electron chi connectivity index (χ3n) is 3.09. The van der Waals surface area contributed by atoms with Gasteiger partial charge in [-0.25, -0.2) is 4.98 Å². The van der Waals surface area contributed by atoms with Crippen molar-refractivity contribution in [2.75, 3.05) is 5.32 Å². The molecule has 5 heteroatoms. The van der Waals surface area contributed by atoms with E-state index in [1.165, 1.54) is 4.40 Å². The smallest absolute Gasteiger partial charge is 0.281 e. The number of fused-ring (bicyclic) bond motifs is 1. The maximum absolute atomic E-state index is 12.4. The molecule has 1 amide bonds. The first-order valence-electron chi connectivity index (χ1n) is 6.51. The molecular formula is C15H19N3O2. The summed E-state index contributed by atoms with van der Waals surface area (Å²) in [7, 11) is 0. The Labute approximate surface area is 117 Å². The fourth-order valence-corrected chi connectivity index (χ4v) is 1.80. The van der Waals surface area contributed by atoms with Gasteiger partial charge in [-0.15, -0.1) is 0 Å². The van der Waals surface area contributed by atoms with Crippen molar-refractivity contribution in [3.8, 4) is 0 Å². The Morgan fingerprint density at radius 1 is 1.30 bits per heavy atom. The number of carbonyl (C=O) groups is 1. The molecule has 0 fully saturated rings. The van der Waals surface area contributed by atoms with Gasteiger partial charge in [0.05, 0.1) is 5.69 Å². The lowest BCUT2D eigenvalue weighted by molar-refractivity contribution is -0.123. The van der Waals surface area contributed by atoms with Crippen LogP contribution in [-0.4, -0.2) is 15.3 Å².